The molecule has 6 heteroatoms. The lowest BCUT2D eigenvalue weighted by molar-refractivity contribution is -0.140. The van der Waals surface area contributed by atoms with Gasteiger partial charge in [-0.15, -0.1) is 0 Å². The number of benzene rings is 1. The molecule has 0 radical (unpaired) electrons. The number of likely N-dealkylation sites (tertiary alicyclic amines) is 2. The van der Waals surface area contributed by atoms with Crippen LogP contribution in [0.25, 0.3) is 11.0 Å². The second-order valence-electron chi connectivity index (χ2n) is 7.70. The summed E-state index contributed by atoms with van der Waals surface area (Å²) in [5, 5.41) is 0. The number of hydrogen-bond acceptors (Lipinski definition) is 3. The summed E-state index contributed by atoms with van der Waals surface area (Å²) in [7, 11) is 0. The molecule has 2 fully saturated rings. The highest BCUT2D eigenvalue weighted by Gasteiger charge is 2.37. The van der Waals surface area contributed by atoms with Gasteiger partial charge in [0.05, 0.1) is 17.1 Å². The smallest absolute Gasteiger partial charge is 0.245 e. The number of nitrogens with zero attached hydrogens (tertiary/aromatic N) is 4. The van der Waals surface area contributed by atoms with Crippen molar-refractivity contribution in [2.45, 2.75) is 45.2 Å². The number of aromatic nitrogens is 2. The molecule has 0 bridgehead atoms. The highest BCUT2D eigenvalue weighted by atomic mass is 16.2. The summed E-state index contributed by atoms with van der Waals surface area (Å²) in [6.07, 6.45) is 4.78. The van der Waals surface area contributed by atoms with Gasteiger partial charge in [0.15, 0.2) is 0 Å². The Bertz CT molecular complexity index is 895. The normalized spacial score (nSPS) is 20.7. The van der Waals surface area contributed by atoms with E-state index in [-0.39, 0.29) is 23.8 Å². The molecule has 148 valence electrons. The van der Waals surface area contributed by atoms with Crippen molar-refractivity contribution in [3.63, 3.8) is 0 Å². The second kappa shape index (κ2) is 7.78. The third kappa shape index (κ3) is 3.21. The molecule has 2 aliphatic rings. The molecule has 0 spiro atoms. The van der Waals surface area contributed by atoms with Crippen molar-refractivity contribution in [3.05, 3.63) is 42.7 Å². The predicted octanol–water partition coefficient (Wildman–Crippen LogP) is 3.14. The van der Waals surface area contributed by atoms with Crippen LogP contribution < -0.4 is 0 Å². The molecule has 0 aliphatic carbocycles. The maximum absolute atomic E-state index is 13.3. The van der Waals surface area contributed by atoms with Gasteiger partial charge in [-0.25, -0.2) is 4.98 Å². The number of aryl methyl sites for hydroxylation is 1. The Morgan fingerprint density at radius 1 is 1.18 bits per heavy atom. The van der Waals surface area contributed by atoms with E-state index in [1.54, 1.807) is 4.90 Å². The molecular formula is C22H28N4O2. The Hall–Kier alpha value is -2.63. The summed E-state index contributed by atoms with van der Waals surface area (Å²) in [4.78, 5) is 33.8. The quantitative estimate of drug-likeness (QED) is 0.766. The molecule has 0 N–H and O–H groups in total. The molecule has 1 unspecified atom stereocenters. The van der Waals surface area contributed by atoms with Gasteiger partial charge in [-0.1, -0.05) is 18.7 Å². The lowest BCUT2D eigenvalue weighted by atomic mass is 9.94. The van der Waals surface area contributed by atoms with E-state index in [1.165, 1.54) is 6.08 Å². The predicted molar refractivity (Wildman–Crippen MR) is 109 cm³/mol. The number of imidazole rings is 1. The van der Waals surface area contributed by atoms with Gasteiger partial charge in [0.2, 0.25) is 11.8 Å². The van der Waals surface area contributed by atoms with Gasteiger partial charge < -0.3 is 14.4 Å². The van der Waals surface area contributed by atoms with Gasteiger partial charge >= 0.3 is 0 Å². The van der Waals surface area contributed by atoms with Gasteiger partial charge in [0, 0.05) is 32.1 Å². The molecule has 28 heavy (non-hydrogen) atoms. The lowest BCUT2D eigenvalue weighted by Gasteiger charge is -2.34. The first-order valence-electron chi connectivity index (χ1n) is 10.3. The van der Waals surface area contributed by atoms with Crippen LogP contribution in [0.4, 0.5) is 0 Å². The van der Waals surface area contributed by atoms with E-state index in [0.29, 0.717) is 13.1 Å². The summed E-state index contributed by atoms with van der Waals surface area (Å²) in [5.74, 6) is 1.19. The van der Waals surface area contributed by atoms with Crippen LogP contribution in [0.5, 0.6) is 0 Å². The average molecular weight is 380 g/mol. The maximum atomic E-state index is 13.3. The minimum absolute atomic E-state index is 0.00563. The van der Waals surface area contributed by atoms with E-state index < -0.39 is 0 Å². The largest absolute Gasteiger partial charge is 0.339 e. The van der Waals surface area contributed by atoms with Gasteiger partial charge in [0.1, 0.15) is 5.82 Å². The number of amides is 2. The average Bonchev–Trinajstić information content (AvgIpc) is 3.36. The minimum atomic E-state index is -0.0402. The zero-order valence-electron chi connectivity index (χ0n) is 16.5. The molecule has 0 saturated carbocycles. The first-order valence-corrected chi connectivity index (χ1v) is 10.3. The Morgan fingerprint density at radius 3 is 2.64 bits per heavy atom. The number of carbonyl (C=O) groups is 2. The van der Waals surface area contributed by atoms with Crippen LogP contribution in [-0.4, -0.2) is 50.8 Å². The Kier molecular flexibility index (Phi) is 5.20. The Balaban J connectivity index is 1.54. The second-order valence-corrected chi connectivity index (χ2v) is 7.70. The minimum Gasteiger partial charge on any atom is -0.339 e. The molecule has 4 rings (SSSR count). The zero-order valence-corrected chi connectivity index (χ0v) is 16.5. The summed E-state index contributed by atoms with van der Waals surface area (Å²) in [6, 6.07) is 8.24. The number of carbonyl (C=O) groups excluding carboxylic acids is 2. The standard InChI is InChI=1S/C22H28N4O2/c1-3-20(27)24-14-11-16(12-15-24)22(28)26-13-7-10-19(26)21-23-17-8-5-6-9-18(17)25(21)4-2/h3,5-6,8-9,16,19H,1,4,7,10-15H2,2H3. The Morgan fingerprint density at radius 2 is 1.93 bits per heavy atom. The topological polar surface area (TPSA) is 58.4 Å². The van der Waals surface area contributed by atoms with Crippen molar-refractivity contribution >= 4 is 22.8 Å². The van der Waals surface area contributed by atoms with E-state index in [2.05, 4.69) is 24.1 Å². The van der Waals surface area contributed by atoms with Crippen molar-refractivity contribution in [2.24, 2.45) is 5.92 Å². The molecule has 2 saturated heterocycles. The molecule has 1 aromatic carbocycles. The number of rotatable bonds is 4. The molecular weight excluding hydrogens is 352 g/mol. The molecule has 6 nitrogen and oxygen atoms in total. The summed E-state index contributed by atoms with van der Waals surface area (Å²) < 4.78 is 2.25. The zero-order chi connectivity index (χ0) is 19.7. The Labute approximate surface area is 165 Å². The van der Waals surface area contributed by atoms with Gasteiger partial charge in [-0.05, 0) is 50.8 Å². The first kappa shape index (κ1) is 18.7. The number of hydrogen-bond donors (Lipinski definition) is 0. The van der Waals surface area contributed by atoms with Crippen molar-refractivity contribution in [1.82, 2.24) is 19.4 Å². The van der Waals surface area contributed by atoms with Crippen molar-refractivity contribution < 1.29 is 9.59 Å². The van der Waals surface area contributed by atoms with Gasteiger partial charge in [0.25, 0.3) is 0 Å². The van der Waals surface area contributed by atoms with E-state index in [4.69, 9.17) is 4.98 Å². The van der Waals surface area contributed by atoms with Crippen LogP contribution in [0.2, 0.25) is 0 Å². The lowest BCUT2D eigenvalue weighted by Crippen LogP contribution is -2.44. The molecule has 2 aromatic rings. The number of piperidine rings is 1. The molecule has 3 heterocycles. The van der Waals surface area contributed by atoms with Crippen LogP contribution in [0.15, 0.2) is 36.9 Å². The van der Waals surface area contributed by atoms with Crippen LogP contribution >= 0.6 is 0 Å². The van der Waals surface area contributed by atoms with Crippen LogP contribution in [0, 0.1) is 5.92 Å². The maximum Gasteiger partial charge on any atom is 0.245 e. The van der Waals surface area contributed by atoms with E-state index in [9.17, 15) is 9.59 Å². The molecule has 2 amide bonds. The van der Waals surface area contributed by atoms with E-state index in [0.717, 1.165) is 55.6 Å². The molecule has 2 aliphatic heterocycles. The SMILES string of the molecule is C=CC(=O)N1CCC(C(=O)N2CCCC2c2nc3ccccc3n2CC)CC1. The van der Waals surface area contributed by atoms with Gasteiger partial charge in [-0.2, -0.15) is 0 Å². The fourth-order valence-corrected chi connectivity index (χ4v) is 4.69. The first-order chi connectivity index (χ1) is 13.6. The van der Waals surface area contributed by atoms with Crippen molar-refractivity contribution in [3.8, 4) is 0 Å². The highest BCUT2D eigenvalue weighted by molar-refractivity contribution is 5.87. The summed E-state index contributed by atoms with van der Waals surface area (Å²) in [5.41, 5.74) is 2.13. The number of fused-ring (bicyclic) bond motifs is 1. The van der Waals surface area contributed by atoms with E-state index in [1.807, 2.05) is 23.1 Å². The number of para-hydroxylation sites is 2. The van der Waals surface area contributed by atoms with Crippen molar-refractivity contribution in [2.75, 3.05) is 19.6 Å². The van der Waals surface area contributed by atoms with Crippen LogP contribution in [0.3, 0.4) is 0 Å². The van der Waals surface area contributed by atoms with Crippen LogP contribution in [-0.2, 0) is 16.1 Å². The van der Waals surface area contributed by atoms with Crippen LogP contribution in [0.1, 0.15) is 44.5 Å². The molecule has 1 atom stereocenters. The fourth-order valence-electron chi connectivity index (χ4n) is 4.69. The monoisotopic (exact) mass is 380 g/mol. The van der Waals surface area contributed by atoms with Crippen molar-refractivity contribution in [1.29, 1.82) is 0 Å². The highest BCUT2D eigenvalue weighted by Crippen LogP contribution is 2.35. The molecule has 1 aromatic heterocycles. The fraction of sp³-hybridized carbons (Fsp3) is 0.500. The summed E-state index contributed by atoms with van der Waals surface area (Å²) in [6.45, 7) is 8.59. The van der Waals surface area contributed by atoms with E-state index >= 15 is 0 Å². The van der Waals surface area contributed by atoms with Gasteiger partial charge in [-0.3, -0.25) is 9.59 Å². The third-order valence-corrected chi connectivity index (χ3v) is 6.16. The third-order valence-electron chi connectivity index (χ3n) is 6.16. The summed E-state index contributed by atoms with van der Waals surface area (Å²) >= 11 is 0.